The summed E-state index contributed by atoms with van der Waals surface area (Å²) < 4.78 is 0. The summed E-state index contributed by atoms with van der Waals surface area (Å²) in [6, 6.07) is 2.86. The summed E-state index contributed by atoms with van der Waals surface area (Å²) in [5.74, 6) is -1.28. The van der Waals surface area contributed by atoms with Crippen LogP contribution in [0.2, 0.25) is 0 Å². The second-order valence-corrected chi connectivity index (χ2v) is 4.45. The molecular formula is C14H20N2O3. The van der Waals surface area contributed by atoms with Gasteiger partial charge >= 0.3 is 5.97 Å². The van der Waals surface area contributed by atoms with Crippen LogP contribution in [0, 0.1) is 6.92 Å². The molecule has 1 rings (SSSR count). The van der Waals surface area contributed by atoms with Gasteiger partial charge in [0.1, 0.15) is 5.69 Å². The van der Waals surface area contributed by atoms with Gasteiger partial charge in [-0.25, -0.2) is 9.78 Å². The van der Waals surface area contributed by atoms with Crippen molar-refractivity contribution < 1.29 is 14.7 Å². The minimum Gasteiger partial charge on any atom is -0.478 e. The number of amides is 1. The zero-order chi connectivity index (χ0) is 14.3. The molecule has 1 heterocycles. The topological polar surface area (TPSA) is 79.3 Å². The fraction of sp³-hybridized carbons (Fsp3) is 0.500. The average Bonchev–Trinajstić information content (AvgIpc) is 2.37. The molecule has 19 heavy (non-hydrogen) atoms. The molecule has 0 atom stereocenters. The molecule has 0 saturated carbocycles. The van der Waals surface area contributed by atoms with Gasteiger partial charge in [-0.1, -0.05) is 26.2 Å². The van der Waals surface area contributed by atoms with E-state index in [1.807, 2.05) is 0 Å². The number of hydrogen-bond acceptors (Lipinski definition) is 3. The lowest BCUT2D eigenvalue weighted by molar-refractivity contribution is 0.0694. The minimum absolute atomic E-state index is 0.125. The van der Waals surface area contributed by atoms with Gasteiger partial charge < -0.3 is 10.4 Å². The molecule has 0 unspecified atom stereocenters. The summed E-state index contributed by atoms with van der Waals surface area (Å²) in [6.07, 6.45) is 4.37. The van der Waals surface area contributed by atoms with Crippen molar-refractivity contribution in [2.75, 3.05) is 6.54 Å². The van der Waals surface area contributed by atoms with Crippen LogP contribution in [-0.2, 0) is 0 Å². The monoisotopic (exact) mass is 264 g/mol. The summed E-state index contributed by atoms with van der Waals surface area (Å²) in [6.45, 7) is 4.34. The van der Waals surface area contributed by atoms with Gasteiger partial charge in [-0.05, 0) is 25.5 Å². The summed E-state index contributed by atoms with van der Waals surface area (Å²) >= 11 is 0. The number of nitrogens with zero attached hydrogens (tertiary/aromatic N) is 1. The number of unbranched alkanes of at least 4 members (excludes halogenated alkanes) is 3. The van der Waals surface area contributed by atoms with Crippen molar-refractivity contribution in [2.45, 2.75) is 39.5 Å². The van der Waals surface area contributed by atoms with Crippen LogP contribution >= 0.6 is 0 Å². The van der Waals surface area contributed by atoms with Gasteiger partial charge in [-0.3, -0.25) is 4.79 Å². The number of carboxylic acids is 1. The number of aromatic nitrogens is 1. The predicted molar refractivity (Wildman–Crippen MR) is 72.4 cm³/mol. The van der Waals surface area contributed by atoms with E-state index < -0.39 is 5.97 Å². The highest BCUT2D eigenvalue weighted by molar-refractivity contribution is 5.94. The van der Waals surface area contributed by atoms with Crippen LogP contribution < -0.4 is 5.32 Å². The smallest absolute Gasteiger partial charge is 0.337 e. The zero-order valence-electron chi connectivity index (χ0n) is 11.4. The molecule has 1 amide bonds. The van der Waals surface area contributed by atoms with Gasteiger partial charge in [0, 0.05) is 6.54 Å². The number of carbonyl (C=O) groups excluding carboxylic acids is 1. The lowest BCUT2D eigenvalue weighted by Gasteiger charge is -2.06. The second kappa shape index (κ2) is 7.51. The Bertz CT molecular complexity index is 458. The van der Waals surface area contributed by atoms with E-state index in [1.165, 1.54) is 18.6 Å². The fourth-order valence-electron chi connectivity index (χ4n) is 1.76. The molecule has 0 aliphatic carbocycles. The summed E-state index contributed by atoms with van der Waals surface area (Å²) in [4.78, 5) is 26.6. The van der Waals surface area contributed by atoms with Gasteiger partial charge in [-0.2, -0.15) is 0 Å². The van der Waals surface area contributed by atoms with E-state index in [4.69, 9.17) is 5.11 Å². The molecule has 0 aliphatic rings. The Morgan fingerprint density at radius 3 is 2.58 bits per heavy atom. The van der Waals surface area contributed by atoms with Crippen molar-refractivity contribution >= 4 is 11.9 Å². The van der Waals surface area contributed by atoms with E-state index in [-0.39, 0.29) is 17.2 Å². The predicted octanol–water partition coefficient (Wildman–Crippen LogP) is 2.40. The molecule has 0 aromatic carbocycles. The molecule has 0 spiro atoms. The maximum absolute atomic E-state index is 11.8. The molecule has 0 radical (unpaired) electrons. The van der Waals surface area contributed by atoms with E-state index in [2.05, 4.69) is 17.2 Å². The number of aromatic carboxylic acids is 1. The van der Waals surface area contributed by atoms with E-state index in [0.29, 0.717) is 12.2 Å². The highest BCUT2D eigenvalue weighted by atomic mass is 16.4. The summed E-state index contributed by atoms with van der Waals surface area (Å²) in [5, 5.41) is 11.7. The molecule has 1 aromatic heterocycles. The van der Waals surface area contributed by atoms with Crippen LogP contribution in [0.15, 0.2) is 12.1 Å². The van der Waals surface area contributed by atoms with E-state index in [0.717, 1.165) is 19.3 Å². The van der Waals surface area contributed by atoms with Crippen molar-refractivity contribution in [3.05, 3.63) is 29.1 Å². The van der Waals surface area contributed by atoms with Crippen LogP contribution in [0.3, 0.4) is 0 Å². The third kappa shape index (κ3) is 4.69. The van der Waals surface area contributed by atoms with Crippen LogP contribution in [0.4, 0.5) is 0 Å². The Hall–Kier alpha value is -1.91. The lowest BCUT2D eigenvalue weighted by atomic mass is 10.2. The lowest BCUT2D eigenvalue weighted by Crippen LogP contribution is -2.25. The van der Waals surface area contributed by atoms with Crippen molar-refractivity contribution in [3.63, 3.8) is 0 Å². The van der Waals surface area contributed by atoms with Crippen molar-refractivity contribution in [1.82, 2.24) is 10.3 Å². The van der Waals surface area contributed by atoms with Crippen LogP contribution in [0.25, 0.3) is 0 Å². The Labute approximate surface area is 113 Å². The first-order chi connectivity index (χ1) is 9.06. The Morgan fingerprint density at radius 1 is 1.26 bits per heavy atom. The van der Waals surface area contributed by atoms with Crippen molar-refractivity contribution in [3.8, 4) is 0 Å². The SMILES string of the molecule is CCCCCCNC(=O)c1ccc(C(=O)O)c(C)n1. The highest BCUT2D eigenvalue weighted by Crippen LogP contribution is 2.07. The Balaban J connectivity index is 2.53. The number of hydrogen-bond donors (Lipinski definition) is 2. The summed E-state index contributed by atoms with van der Waals surface area (Å²) in [7, 11) is 0. The summed E-state index contributed by atoms with van der Waals surface area (Å²) in [5.41, 5.74) is 0.739. The number of carbonyl (C=O) groups is 2. The third-order valence-electron chi connectivity index (χ3n) is 2.86. The quantitative estimate of drug-likeness (QED) is 0.741. The molecule has 5 nitrogen and oxygen atoms in total. The van der Waals surface area contributed by atoms with Crippen LogP contribution in [0.1, 0.15) is 59.1 Å². The molecule has 104 valence electrons. The van der Waals surface area contributed by atoms with Gasteiger partial charge in [0.05, 0.1) is 11.3 Å². The first kappa shape index (κ1) is 15.1. The van der Waals surface area contributed by atoms with Gasteiger partial charge in [0.2, 0.25) is 0 Å². The molecule has 5 heteroatoms. The normalized spacial score (nSPS) is 10.2. The van der Waals surface area contributed by atoms with Gasteiger partial charge in [-0.15, -0.1) is 0 Å². The number of nitrogens with one attached hydrogen (secondary N) is 1. The maximum atomic E-state index is 11.8. The van der Waals surface area contributed by atoms with Crippen LogP contribution in [-0.4, -0.2) is 28.5 Å². The molecular weight excluding hydrogens is 244 g/mol. The Kier molecular flexibility index (Phi) is 5.99. The fourth-order valence-corrected chi connectivity index (χ4v) is 1.76. The Morgan fingerprint density at radius 2 is 2.00 bits per heavy atom. The molecule has 2 N–H and O–H groups in total. The molecule has 0 bridgehead atoms. The second-order valence-electron chi connectivity index (χ2n) is 4.45. The molecule has 1 aromatic rings. The van der Waals surface area contributed by atoms with Gasteiger partial charge in [0.15, 0.2) is 0 Å². The first-order valence-corrected chi connectivity index (χ1v) is 6.55. The first-order valence-electron chi connectivity index (χ1n) is 6.55. The van der Waals surface area contributed by atoms with Crippen molar-refractivity contribution in [1.29, 1.82) is 0 Å². The van der Waals surface area contributed by atoms with Crippen molar-refractivity contribution in [2.24, 2.45) is 0 Å². The number of carboxylic acid groups (broad SMARTS) is 1. The zero-order valence-corrected chi connectivity index (χ0v) is 11.4. The minimum atomic E-state index is -1.03. The maximum Gasteiger partial charge on any atom is 0.337 e. The molecule has 0 aliphatic heterocycles. The third-order valence-corrected chi connectivity index (χ3v) is 2.86. The highest BCUT2D eigenvalue weighted by Gasteiger charge is 2.12. The standard InChI is InChI=1S/C14H20N2O3/c1-3-4-5-6-9-15-13(17)12-8-7-11(14(18)19)10(2)16-12/h7-8H,3-6,9H2,1-2H3,(H,15,17)(H,18,19). The molecule has 0 fully saturated rings. The average molecular weight is 264 g/mol. The number of pyridine rings is 1. The van der Waals surface area contributed by atoms with E-state index in [9.17, 15) is 9.59 Å². The number of aryl methyl sites for hydroxylation is 1. The van der Waals surface area contributed by atoms with Gasteiger partial charge in [0.25, 0.3) is 5.91 Å². The van der Waals surface area contributed by atoms with E-state index >= 15 is 0 Å². The number of rotatable bonds is 7. The van der Waals surface area contributed by atoms with E-state index in [1.54, 1.807) is 6.92 Å². The van der Waals surface area contributed by atoms with Crippen LogP contribution in [0.5, 0.6) is 0 Å². The largest absolute Gasteiger partial charge is 0.478 e. The molecule has 0 saturated heterocycles.